The number of para-hydroxylation sites is 2. The number of amides is 1. The van der Waals surface area contributed by atoms with Crippen LogP contribution in [-0.4, -0.2) is 22.7 Å². The van der Waals surface area contributed by atoms with Crippen LogP contribution in [0.15, 0.2) is 24.3 Å². The molecule has 124 valence electrons. The van der Waals surface area contributed by atoms with Crippen molar-refractivity contribution < 1.29 is 9.53 Å². The topological polar surface area (TPSA) is 90.1 Å². The number of nitrogens with two attached hydrogens (primary N) is 1. The first-order valence-electron chi connectivity index (χ1n) is 7.64. The molecule has 0 saturated carbocycles. The molecule has 0 aliphatic rings. The Kier molecular flexibility index (Phi) is 6.34. The van der Waals surface area contributed by atoms with Crippen molar-refractivity contribution in [2.75, 3.05) is 17.7 Å². The lowest BCUT2D eigenvalue weighted by Gasteiger charge is -2.08. The number of carbonyl (C=O) groups excluding carboxylic acids is 1. The third-order valence-corrected chi connectivity index (χ3v) is 3.88. The van der Waals surface area contributed by atoms with Crippen molar-refractivity contribution in [3.8, 4) is 5.75 Å². The van der Waals surface area contributed by atoms with Crippen molar-refractivity contribution in [3.63, 3.8) is 0 Å². The number of anilines is 2. The van der Waals surface area contributed by atoms with Crippen LogP contribution in [0, 0.1) is 5.92 Å². The van der Waals surface area contributed by atoms with Crippen molar-refractivity contribution in [2.24, 2.45) is 5.92 Å². The normalized spacial score (nSPS) is 10.7. The highest BCUT2D eigenvalue weighted by atomic mass is 32.1. The second-order valence-corrected chi connectivity index (χ2v) is 6.70. The molecule has 0 saturated heterocycles. The molecule has 0 fully saturated rings. The van der Waals surface area contributed by atoms with E-state index < -0.39 is 0 Å². The van der Waals surface area contributed by atoms with E-state index in [-0.39, 0.29) is 5.91 Å². The van der Waals surface area contributed by atoms with E-state index in [1.807, 2.05) is 18.2 Å². The Morgan fingerprint density at radius 3 is 2.87 bits per heavy atom. The number of aromatic nitrogens is 2. The molecule has 7 heteroatoms. The van der Waals surface area contributed by atoms with Gasteiger partial charge in [-0.1, -0.05) is 37.3 Å². The lowest BCUT2D eigenvalue weighted by atomic mass is 10.1. The molecule has 2 rings (SSSR count). The lowest BCUT2D eigenvalue weighted by molar-refractivity contribution is -0.116. The van der Waals surface area contributed by atoms with E-state index in [1.54, 1.807) is 6.07 Å². The van der Waals surface area contributed by atoms with Crippen molar-refractivity contribution in [1.82, 2.24) is 10.2 Å². The van der Waals surface area contributed by atoms with Gasteiger partial charge in [0.2, 0.25) is 11.0 Å². The minimum absolute atomic E-state index is 0.0816. The highest BCUT2D eigenvalue weighted by molar-refractivity contribution is 7.15. The highest BCUT2D eigenvalue weighted by Gasteiger charge is 2.09. The molecule has 0 aliphatic heterocycles. The number of nitrogens with zero attached hydrogens (tertiary/aromatic N) is 2. The van der Waals surface area contributed by atoms with Crippen LogP contribution in [0.2, 0.25) is 0 Å². The van der Waals surface area contributed by atoms with Crippen LogP contribution in [-0.2, 0) is 11.2 Å². The molecule has 1 aromatic heterocycles. The molecule has 1 aromatic carbocycles. The summed E-state index contributed by atoms with van der Waals surface area (Å²) in [4.78, 5) is 11.9. The van der Waals surface area contributed by atoms with Crippen molar-refractivity contribution in [1.29, 1.82) is 0 Å². The molecule has 6 nitrogen and oxygen atoms in total. The van der Waals surface area contributed by atoms with Crippen LogP contribution < -0.4 is 15.8 Å². The van der Waals surface area contributed by atoms with Gasteiger partial charge in [0.25, 0.3) is 0 Å². The lowest BCUT2D eigenvalue weighted by Crippen LogP contribution is -2.12. The monoisotopic (exact) mass is 334 g/mol. The van der Waals surface area contributed by atoms with Gasteiger partial charge in [-0.15, -0.1) is 10.2 Å². The van der Waals surface area contributed by atoms with Crippen molar-refractivity contribution in [3.05, 3.63) is 29.3 Å². The van der Waals surface area contributed by atoms with E-state index in [0.29, 0.717) is 41.9 Å². The van der Waals surface area contributed by atoms with Gasteiger partial charge in [-0.3, -0.25) is 4.79 Å². The fourth-order valence-corrected chi connectivity index (χ4v) is 2.91. The molecular weight excluding hydrogens is 312 g/mol. The van der Waals surface area contributed by atoms with E-state index in [0.717, 1.165) is 11.4 Å². The smallest absolute Gasteiger partial charge is 0.226 e. The quantitative estimate of drug-likeness (QED) is 0.572. The number of carbonyl (C=O) groups is 1. The highest BCUT2D eigenvalue weighted by Crippen LogP contribution is 2.20. The second-order valence-electron chi connectivity index (χ2n) is 5.64. The van der Waals surface area contributed by atoms with Gasteiger partial charge in [0.15, 0.2) is 0 Å². The van der Waals surface area contributed by atoms with Gasteiger partial charge in [0.1, 0.15) is 10.8 Å². The fourth-order valence-electron chi connectivity index (χ4n) is 1.94. The maximum atomic E-state index is 11.9. The van der Waals surface area contributed by atoms with Crippen LogP contribution in [0.3, 0.4) is 0 Å². The number of hydrogen-bond acceptors (Lipinski definition) is 6. The van der Waals surface area contributed by atoms with Crippen LogP contribution >= 0.6 is 11.3 Å². The zero-order valence-electron chi connectivity index (χ0n) is 13.4. The summed E-state index contributed by atoms with van der Waals surface area (Å²) in [6, 6.07) is 7.31. The molecule has 3 N–H and O–H groups in total. The number of nitrogen functional groups attached to an aromatic ring is 1. The van der Waals surface area contributed by atoms with Crippen molar-refractivity contribution >= 4 is 28.1 Å². The molecule has 1 amide bonds. The van der Waals surface area contributed by atoms with Gasteiger partial charge >= 0.3 is 0 Å². The summed E-state index contributed by atoms with van der Waals surface area (Å²) < 4.78 is 5.55. The summed E-state index contributed by atoms with van der Waals surface area (Å²) in [6.07, 6.45) is 1.85. The molecule has 0 aliphatic carbocycles. The fraction of sp³-hybridized carbons (Fsp3) is 0.438. The van der Waals surface area contributed by atoms with Crippen LogP contribution in [0.1, 0.15) is 31.7 Å². The van der Waals surface area contributed by atoms with Gasteiger partial charge in [-0.25, -0.2) is 0 Å². The SMILES string of the molecule is CC(C)Cc1nnc(NC(=O)CCCOc2ccccc2N)s1. The van der Waals surface area contributed by atoms with E-state index in [9.17, 15) is 4.79 Å². The molecular formula is C16H22N4O2S. The zero-order chi connectivity index (χ0) is 16.7. The van der Waals surface area contributed by atoms with E-state index in [1.165, 1.54) is 11.3 Å². The summed E-state index contributed by atoms with van der Waals surface area (Å²) in [6.45, 7) is 4.69. The maximum absolute atomic E-state index is 11.9. The first kappa shape index (κ1) is 17.2. The number of benzene rings is 1. The van der Waals surface area contributed by atoms with E-state index in [2.05, 4.69) is 29.4 Å². The summed E-state index contributed by atoms with van der Waals surface area (Å²) in [5, 5.41) is 12.3. The predicted octanol–water partition coefficient (Wildman–Crippen LogP) is 3.12. The molecule has 0 atom stereocenters. The van der Waals surface area contributed by atoms with E-state index in [4.69, 9.17) is 10.5 Å². The first-order valence-corrected chi connectivity index (χ1v) is 8.45. The zero-order valence-corrected chi connectivity index (χ0v) is 14.2. The molecule has 0 spiro atoms. The Labute approximate surface area is 140 Å². The summed E-state index contributed by atoms with van der Waals surface area (Å²) >= 11 is 1.43. The predicted molar refractivity (Wildman–Crippen MR) is 92.7 cm³/mol. The number of nitrogens with one attached hydrogen (secondary N) is 1. The van der Waals surface area contributed by atoms with Gasteiger partial charge < -0.3 is 15.8 Å². The largest absolute Gasteiger partial charge is 0.491 e. The number of rotatable bonds is 8. The third-order valence-electron chi connectivity index (χ3n) is 3.02. The van der Waals surface area contributed by atoms with Gasteiger partial charge in [-0.05, 0) is 24.5 Å². The van der Waals surface area contributed by atoms with Gasteiger partial charge in [0.05, 0.1) is 12.3 Å². The summed E-state index contributed by atoms with van der Waals surface area (Å²) in [5.41, 5.74) is 6.38. The Morgan fingerprint density at radius 2 is 2.13 bits per heavy atom. The van der Waals surface area contributed by atoms with E-state index >= 15 is 0 Å². The van der Waals surface area contributed by atoms with Crippen LogP contribution in [0.25, 0.3) is 0 Å². The Balaban J connectivity index is 1.69. The number of ether oxygens (including phenoxy) is 1. The minimum Gasteiger partial charge on any atom is -0.491 e. The number of hydrogen-bond donors (Lipinski definition) is 2. The first-order chi connectivity index (χ1) is 11.0. The van der Waals surface area contributed by atoms with Gasteiger partial charge in [-0.2, -0.15) is 0 Å². The molecule has 0 radical (unpaired) electrons. The third kappa shape index (κ3) is 5.86. The molecule has 2 aromatic rings. The van der Waals surface area contributed by atoms with Crippen LogP contribution in [0.4, 0.5) is 10.8 Å². The standard InChI is InChI=1S/C16H22N4O2S/c1-11(2)10-15-19-20-16(23-15)18-14(21)8-5-9-22-13-7-4-3-6-12(13)17/h3-4,6-7,11H,5,8-10,17H2,1-2H3,(H,18,20,21). The van der Waals surface area contributed by atoms with Crippen LogP contribution in [0.5, 0.6) is 5.75 Å². The summed E-state index contributed by atoms with van der Waals surface area (Å²) in [7, 11) is 0. The Morgan fingerprint density at radius 1 is 1.35 bits per heavy atom. The van der Waals surface area contributed by atoms with Gasteiger partial charge in [0, 0.05) is 12.8 Å². The average molecular weight is 334 g/mol. The average Bonchev–Trinajstić information content (AvgIpc) is 2.91. The molecule has 1 heterocycles. The molecule has 23 heavy (non-hydrogen) atoms. The molecule has 0 unspecified atom stereocenters. The van der Waals surface area contributed by atoms with Crippen molar-refractivity contribution in [2.45, 2.75) is 33.1 Å². The second kappa shape index (κ2) is 8.47. The minimum atomic E-state index is -0.0816. The maximum Gasteiger partial charge on any atom is 0.226 e. The Hall–Kier alpha value is -2.15. The Bertz CT molecular complexity index is 643. The molecule has 0 bridgehead atoms. The summed E-state index contributed by atoms with van der Waals surface area (Å²) in [5.74, 6) is 1.09.